The molecule has 0 bridgehead atoms. The standard InChI is InChI=1S/C43H33N3S/c1-5-13-26(6-2)27-14-11-15-28(24-27)38-30-16-7-9-20-35(30)44-42(45-38)29-22-23-36-34(25-29)43(3,4)33-19-12-18-32-39(33)46(36)40-31-17-8-10-21-37(31)47-41(32)40/h5-25H,1-4H3/b13-5-,26-6+. The number of hydrogen-bond donors (Lipinski definition) is 0. The average Bonchev–Trinajstić information content (AvgIpc) is 3.64. The minimum absolute atomic E-state index is 0.208. The fraction of sp³-hybridized carbons (Fsp3) is 0.116. The molecule has 8 aromatic rings. The highest BCUT2D eigenvalue weighted by atomic mass is 32.1. The number of aromatic nitrogens is 3. The zero-order chi connectivity index (χ0) is 31.9. The largest absolute Gasteiger partial charge is 0.307 e. The number of nitrogens with zero attached hydrogens (tertiary/aromatic N) is 3. The van der Waals surface area contributed by atoms with E-state index in [1.807, 2.05) is 11.3 Å². The van der Waals surface area contributed by atoms with E-state index in [-0.39, 0.29) is 5.41 Å². The van der Waals surface area contributed by atoms with E-state index < -0.39 is 0 Å². The van der Waals surface area contributed by atoms with Crippen molar-refractivity contribution < 1.29 is 0 Å². The summed E-state index contributed by atoms with van der Waals surface area (Å²) in [6.07, 6.45) is 6.39. The zero-order valence-corrected chi connectivity index (χ0v) is 27.7. The summed E-state index contributed by atoms with van der Waals surface area (Å²) in [6, 6.07) is 39.5. The highest BCUT2D eigenvalue weighted by Crippen LogP contribution is 2.51. The number of para-hydroxylation sites is 2. The van der Waals surface area contributed by atoms with Crippen LogP contribution < -0.4 is 0 Å². The van der Waals surface area contributed by atoms with Crippen LogP contribution in [0.4, 0.5) is 0 Å². The van der Waals surface area contributed by atoms with Gasteiger partial charge in [0.05, 0.1) is 32.6 Å². The molecule has 0 aliphatic carbocycles. The van der Waals surface area contributed by atoms with Gasteiger partial charge in [-0.2, -0.15) is 0 Å². The van der Waals surface area contributed by atoms with Crippen molar-refractivity contribution in [2.45, 2.75) is 33.1 Å². The van der Waals surface area contributed by atoms with Crippen LogP contribution in [0.15, 0.2) is 127 Å². The predicted octanol–water partition coefficient (Wildman–Crippen LogP) is 11.9. The Bertz CT molecular complexity index is 2630. The molecule has 0 spiro atoms. The summed E-state index contributed by atoms with van der Waals surface area (Å²) in [6.45, 7) is 8.85. The fourth-order valence-corrected chi connectivity index (χ4v) is 8.80. The molecule has 9 rings (SSSR count). The average molecular weight is 624 g/mol. The van der Waals surface area contributed by atoms with Gasteiger partial charge in [0.1, 0.15) is 0 Å². The van der Waals surface area contributed by atoms with E-state index in [0.717, 1.165) is 33.5 Å². The van der Waals surface area contributed by atoms with Crippen molar-refractivity contribution in [1.29, 1.82) is 0 Å². The molecule has 4 heteroatoms. The van der Waals surface area contributed by atoms with E-state index in [9.17, 15) is 0 Å². The first-order valence-corrected chi connectivity index (χ1v) is 17.1. The SMILES string of the molecule is C/C=C\C(=C/C)c1cccc(-c2nc(-c3ccc4c(c3)C(C)(C)c3cccc5c6sc7ccccc7c6n-4c35)nc3ccccc23)c1. The number of hydrogen-bond acceptors (Lipinski definition) is 3. The quantitative estimate of drug-likeness (QED) is 0.183. The lowest BCUT2D eigenvalue weighted by Gasteiger charge is -2.35. The Kier molecular flexibility index (Phi) is 6.15. The third-order valence-electron chi connectivity index (χ3n) is 9.87. The van der Waals surface area contributed by atoms with Gasteiger partial charge < -0.3 is 4.57 Å². The Morgan fingerprint density at radius 1 is 0.702 bits per heavy atom. The molecule has 0 amide bonds. The van der Waals surface area contributed by atoms with Crippen molar-refractivity contribution in [2.24, 2.45) is 0 Å². The Balaban J connectivity index is 1.28. The van der Waals surface area contributed by atoms with Gasteiger partial charge >= 0.3 is 0 Å². The second-order valence-corrected chi connectivity index (χ2v) is 14.0. The zero-order valence-electron chi connectivity index (χ0n) is 26.9. The van der Waals surface area contributed by atoms with Crippen molar-refractivity contribution >= 4 is 59.0 Å². The first-order valence-electron chi connectivity index (χ1n) is 16.2. The highest BCUT2D eigenvalue weighted by molar-refractivity contribution is 7.26. The summed E-state index contributed by atoms with van der Waals surface area (Å²) in [5.74, 6) is 0.741. The van der Waals surface area contributed by atoms with Gasteiger partial charge in [0, 0.05) is 37.4 Å². The van der Waals surface area contributed by atoms with Crippen molar-refractivity contribution in [3.05, 3.63) is 144 Å². The molecule has 1 aliphatic heterocycles. The Labute approximate surface area is 278 Å². The van der Waals surface area contributed by atoms with Crippen LogP contribution in [0.2, 0.25) is 0 Å². The molecule has 4 heterocycles. The van der Waals surface area contributed by atoms with Gasteiger partial charge in [-0.15, -0.1) is 11.3 Å². The first-order chi connectivity index (χ1) is 23.0. The number of rotatable bonds is 4. The van der Waals surface area contributed by atoms with Gasteiger partial charge in [0.25, 0.3) is 0 Å². The third kappa shape index (κ3) is 4.04. The number of fused-ring (bicyclic) bond motifs is 8. The van der Waals surface area contributed by atoms with Crippen LogP contribution in [0.5, 0.6) is 0 Å². The Morgan fingerprint density at radius 2 is 1.49 bits per heavy atom. The van der Waals surface area contributed by atoms with E-state index in [4.69, 9.17) is 9.97 Å². The van der Waals surface area contributed by atoms with Crippen LogP contribution in [0, 0.1) is 0 Å². The maximum absolute atomic E-state index is 5.31. The maximum atomic E-state index is 5.31. The molecule has 3 nitrogen and oxygen atoms in total. The summed E-state index contributed by atoms with van der Waals surface area (Å²) in [4.78, 5) is 10.5. The Hall–Kier alpha value is -5.32. The van der Waals surface area contributed by atoms with Gasteiger partial charge in [0.15, 0.2) is 5.82 Å². The Morgan fingerprint density at radius 3 is 2.34 bits per heavy atom. The van der Waals surface area contributed by atoms with E-state index in [0.29, 0.717) is 0 Å². The van der Waals surface area contributed by atoms with Crippen molar-refractivity contribution in [2.75, 3.05) is 0 Å². The minimum Gasteiger partial charge on any atom is -0.307 e. The van der Waals surface area contributed by atoms with Crippen molar-refractivity contribution in [3.8, 4) is 28.3 Å². The van der Waals surface area contributed by atoms with E-state index >= 15 is 0 Å². The summed E-state index contributed by atoms with van der Waals surface area (Å²) < 4.78 is 5.20. The van der Waals surface area contributed by atoms with Crippen LogP contribution in [0.3, 0.4) is 0 Å². The molecule has 0 fully saturated rings. The second kappa shape index (κ2) is 10.3. The molecule has 3 aromatic heterocycles. The molecular formula is C43H33N3S. The molecule has 47 heavy (non-hydrogen) atoms. The number of thiophene rings is 1. The molecular weight excluding hydrogens is 591 g/mol. The molecule has 5 aromatic carbocycles. The van der Waals surface area contributed by atoms with Gasteiger partial charge in [-0.3, -0.25) is 0 Å². The lowest BCUT2D eigenvalue weighted by Crippen LogP contribution is -2.26. The summed E-state index contributed by atoms with van der Waals surface area (Å²) in [7, 11) is 0. The molecule has 226 valence electrons. The number of benzene rings is 5. The topological polar surface area (TPSA) is 30.7 Å². The lowest BCUT2D eigenvalue weighted by atomic mass is 9.74. The minimum atomic E-state index is -0.208. The van der Waals surface area contributed by atoms with Gasteiger partial charge in [0.2, 0.25) is 0 Å². The normalized spacial score (nSPS) is 14.2. The van der Waals surface area contributed by atoms with Crippen LogP contribution >= 0.6 is 11.3 Å². The monoisotopic (exact) mass is 623 g/mol. The molecule has 0 saturated heterocycles. The highest BCUT2D eigenvalue weighted by Gasteiger charge is 2.36. The molecule has 0 atom stereocenters. The summed E-state index contributed by atoms with van der Waals surface area (Å²) in [5, 5.41) is 3.70. The van der Waals surface area contributed by atoms with Crippen molar-refractivity contribution in [1.82, 2.24) is 14.5 Å². The van der Waals surface area contributed by atoms with Crippen molar-refractivity contribution in [3.63, 3.8) is 0 Å². The molecule has 0 N–H and O–H groups in total. The van der Waals surface area contributed by atoms with Crippen LogP contribution in [-0.4, -0.2) is 14.5 Å². The summed E-state index contributed by atoms with van der Waals surface area (Å²) in [5.41, 5.74) is 12.7. The van der Waals surface area contributed by atoms with E-state index in [1.165, 1.54) is 59.2 Å². The van der Waals surface area contributed by atoms with Crippen LogP contribution in [0.1, 0.15) is 44.4 Å². The van der Waals surface area contributed by atoms with Crippen LogP contribution in [0.25, 0.3) is 76.0 Å². The molecule has 0 radical (unpaired) electrons. The van der Waals surface area contributed by atoms with E-state index in [2.05, 4.69) is 160 Å². The number of allylic oxidation sites excluding steroid dienone is 4. The van der Waals surface area contributed by atoms with Gasteiger partial charge in [-0.05, 0) is 72.5 Å². The fourth-order valence-electron chi connectivity index (χ4n) is 7.59. The predicted molar refractivity (Wildman–Crippen MR) is 201 cm³/mol. The smallest absolute Gasteiger partial charge is 0.160 e. The summed E-state index contributed by atoms with van der Waals surface area (Å²) >= 11 is 1.90. The molecule has 0 saturated carbocycles. The van der Waals surface area contributed by atoms with Crippen LogP contribution in [-0.2, 0) is 5.41 Å². The van der Waals surface area contributed by atoms with E-state index in [1.54, 1.807) is 0 Å². The second-order valence-electron chi connectivity index (χ2n) is 12.9. The van der Waals surface area contributed by atoms with Gasteiger partial charge in [-0.25, -0.2) is 9.97 Å². The molecule has 1 aliphatic rings. The molecule has 0 unspecified atom stereocenters. The lowest BCUT2D eigenvalue weighted by molar-refractivity contribution is 0.630. The maximum Gasteiger partial charge on any atom is 0.160 e. The van der Waals surface area contributed by atoms with Gasteiger partial charge in [-0.1, -0.05) is 105 Å². The third-order valence-corrected chi connectivity index (χ3v) is 11.1. The first kappa shape index (κ1) is 27.9.